The van der Waals surface area contributed by atoms with Crippen LogP contribution in [0.1, 0.15) is 11.1 Å². The number of hydrogen-bond acceptors (Lipinski definition) is 9. The van der Waals surface area contributed by atoms with E-state index in [9.17, 15) is 14.9 Å². The number of methoxy groups -OCH3 is 2. The van der Waals surface area contributed by atoms with Gasteiger partial charge in [0, 0.05) is 11.6 Å². The SMILES string of the molecule is COc1cc(OC)cc(C2=N/C(=C/c3cc4c(cc3[N+](=O)[O-])OCO4)C(=O)O2)c1. The number of rotatable bonds is 5. The Bertz CT molecular complexity index is 1070. The molecular weight excluding hydrogens is 384 g/mol. The number of nitro benzene ring substituents is 1. The molecule has 0 atom stereocenters. The van der Waals surface area contributed by atoms with E-state index < -0.39 is 10.9 Å². The Morgan fingerprint density at radius 3 is 2.34 bits per heavy atom. The predicted molar refractivity (Wildman–Crippen MR) is 99.4 cm³/mol. The number of hydrogen-bond donors (Lipinski definition) is 0. The summed E-state index contributed by atoms with van der Waals surface area (Å²) in [4.78, 5) is 27.3. The van der Waals surface area contributed by atoms with Gasteiger partial charge in [0.2, 0.25) is 12.7 Å². The lowest BCUT2D eigenvalue weighted by atomic mass is 10.1. The first-order chi connectivity index (χ1) is 14.0. The summed E-state index contributed by atoms with van der Waals surface area (Å²) in [5, 5.41) is 11.4. The first-order valence-corrected chi connectivity index (χ1v) is 8.32. The summed E-state index contributed by atoms with van der Waals surface area (Å²) in [7, 11) is 2.98. The van der Waals surface area contributed by atoms with E-state index in [2.05, 4.69) is 4.99 Å². The summed E-state index contributed by atoms with van der Waals surface area (Å²) in [6, 6.07) is 7.57. The lowest BCUT2D eigenvalue weighted by Gasteiger charge is -2.07. The third-order valence-electron chi connectivity index (χ3n) is 4.23. The predicted octanol–water partition coefficient (Wildman–Crippen LogP) is 2.69. The highest BCUT2D eigenvalue weighted by atomic mass is 16.7. The number of cyclic esters (lactones) is 1. The van der Waals surface area contributed by atoms with Gasteiger partial charge < -0.3 is 23.7 Å². The number of nitro groups is 1. The Labute approximate surface area is 164 Å². The first-order valence-electron chi connectivity index (χ1n) is 8.32. The van der Waals surface area contributed by atoms with E-state index >= 15 is 0 Å². The fraction of sp³-hybridized carbons (Fsp3) is 0.158. The molecule has 2 aromatic rings. The summed E-state index contributed by atoms with van der Waals surface area (Å²) < 4.78 is 26.0. The van der Waals surface area contributed by atoms with Gasteiger partial charge in [-0.3, -0.25) is 10.1 Å². The van der Waals surface area contributed by atoms with Gasteiger partial charge in [-0.25, -0.2) is 9.79 Å². The van der Waals surface area contributed by atoms with E-state index in [4.69, 9.17) is 23.7 Å². The minimum Gasteiger partial charge on any atom is -0.497 e. The molecule has 0 bridgehead atoms. The zero-order valence-corrected chi connectivity index (χ0v) is 15.3. The van der Waals surface area contributed by atoms with Crippen molar-refractivity contribution in [3.8, 4) is 23.0 Å². The standard InChI is InChI=1S/C19H14N2O8/c1-25-12-3-11(4-13(7-12)26-2)18-20-14(19(22)29-18)5-10-6-16-17(28-9-27-16)8-15(10)21(23)24/h3-8H,9H2,1-2H3/b14-5+. The minimum atomic E-state index is -0.742. The number of aliphatic imine (C=N–C) groups is 1. The van der Waals surface area contributed by atoms with Crippen LogP contribution in [0.15, 0.2) is 41.0 Å². The van der Waals surface area contributed by atoms with Crippen molar-refractivity contribution in [2.45, 2.75) is 0 Å². The van der Waals surface area contributed by atoms with Crippen molar-refractivity contribution in [3.05, 3.63) is 57.3 Å². The third kappa shape index (κ3) is 3.43. The average Bonchev–Trinajstić information content (AvgIpc) is 3.33. The normalized spacial score (nSPS) is 15.9. The molecule has 0 fully saturated rings. The van der Waals surface area contributed by atoms with Crippen LogP contribution in [0.5, 0.6) is 23.0 Å². The van der Waals surface area contributed by atoms with E-state index in [0.717, 1.165) is 0 Å². The van der Waals surface area contributed by atoms with Crippen LogP contribution in [-0.2, 0) is 9.53 Å². The average molecular weight is 398 g/mol. The number of benzene rings is 2. The van der Waals surface area contributed by atoms with E-state index in [1.165, 1.54) is 32.4 Å². The van der Waals surface area contributed by atoms with Crippen molar-refractivity contribution >= 4 is 23.6 Å². The van der Waals surface area contributed by atoms with Crippen molar-refractivity contribution in [2.24, 2.45) is 4.99 Å². The summed E-state index contributed by atoms with van der Waals surface area (Å²) >= 11 is 0. The molecule has 0 spiro atoms. The Morgan fingerprint density at radius 2 is 1.72 bits per heavy atom. The molecule has 0 saturated carbocycles. The number of fused-ring (bicyclic) bond motifs is 1. The molecule has 10 nitrogen and oxygen atoms in total. The minimum absolute atomic E-state index is 0.0295. The van der Waals surface area contributed by atoms with E-state index in [1.807, 2.05) is 0 Å². The van der Waals surface area contributed by atoms with Crippen LogP contribution >= 0.6 is 0 Å². The van der Waals surface area contributed by atoms with Crippen molar-refractivity contribution in [3.63, 3.8) is 0 Å². The maximum atomic E-state index is 12.3. The Balaban J connectivity index is 1.75. The molecule has 2 aliphatic rings. The lowest BCUT2D eigenvalue weighted by molar-refractivity contribution is -0.385. The molecule has 148 valence electrons. The van der Waals surface area contributed by atoms with Gasteiger partial charge in [-0.2, -0.15) is 0 Å². The Hall–Kier alpha value is -4.08. The van der Waals surface area contributed by atoms with Crippen molar-refractivity contribution < 1.29 is 33.4 Å². The van der Waals surface area contributed by atoms with Gasteiger partial charge in [0.1, 0.15) is 11.5 Å². The van der Waals surface area contributed by atoms with Gasteiger partial charge in [0.15, 0.2) is 17.2 Å². The molecule has 2 heterocycles. The van der Waals surface area contributed by atoms with Crippen molar-refractivity contribution in [2.75, 3.05) is 21.0 Å². The number of carbonyl (C=O) groups excluding carboxylic acids is 1. The second-order valence-corrected chi connectivity index (χ2v) is 5.96. The fourth-order valence-corrected chi connectivity index (χ4v) is 2.83. The van der Waals surface area contributed by atoms with Gasteiger partial charge in [0.05, 0.1) is 30.8 Å². The Kier molecular flexibility index (Phi) is 4.51. The number of nitrogens with zero attached hydrogens (tertiary/aromatic N) is 2. The maximum Gasteiger partial charge on any atom is 0.363 e. The lowest BCUT2D eigenvalue weighted by Crippen LogP contribution is -2.06. The monoisotopic (exact) mass is 398 g/mol. The van der Waals surface area contributed by atoms with Gasteiger partial charge in [-0.1, -0.05) is 0 Å². The smallest absolute Gasteiger partial charge is 0.363 e. The van der Waals surface area contributed by atoms with Crippen LogP contribution in [0.4, 0.5) is 5.69 Å². The molecule has 0 radical (unpaired) electrons. The van der Waals surface area contributed by atoms with Gasteiger partial charge in [-0.15, -0.1) is 0 Å². The molecule has 2 aromatic carbocycles. The number of esters is 1. The van der Waals surface area contributed by atoms with Crippen molar-refractivity contribution in [1.82, 2.24) is 0 Å². The molecule has 0 aliphatic carbocycles. The van der Waals surface area contributed by atoms with Crippen LogP contribution < -0.4 is 18.9 Å². The highest BCUT2D eigenvalue weighted by molar-refractivity contribution is 6.13. The van der Waals surface area contributed by atoms with E-state index in [1.54, 1.807) is 18.2 Å². The quantitative estimate of drug-likeness (QED) is 0.326. The van der Waals surface area contributed by atoms with Gasteiger partial charge in [-0.05, 0) is 24.3 Å². The second kappa shape index (κ2) is 7.15. The molecule has 0 unspecified atom stereocenters. The Morgan fingerprint density at radius 1 is 1.07 bits per heavy atom. The highest BCUT2D eigenvalue weighted by Crippen LogP contribution is 2.39. The van der Waals surface area contributed by atoms with Crippen LogP contribution in [0, 0.1) is 10.1 Å². The molecule has 0 aromatic heterocycles. The molecule has 10 heteroatoms. The third-order valence-corrected chi connectivity index (χ3v) is 4.23. The van der Waals surface area contributed by atoms with Crippen LogP contribution in [-0.4, -0.2) is 37.8 Å². The summed E-state index contributed by atoms with van der Waals surface area (Å²) in [6.07, 6.45) is 1.27. The molecule has 29 heavy (non-hydrogen) atoms. The van der Waals surface area contributed by atoms with E-state index in [-0.39, 0.29) is 35.4 Å². The van der Waals surface area contributed by atoms with Crippen LogP contribution in [0.2, 0.25) is 0 Å². The van der Waals surface area contributed by atoms with Crippen LogP contribution in [0.3, 0.4) is 0 Å². The first kappa shape index (κ1) is 18.3. The molecular formula is C19H14N2O8. The zero-order chi connectivity index (χ0) is 20.5. The summed E-state index contributed by atoms with van der Waals surface area (Å²) in [6.45, 7) is -0.0332. The largest absolute Gasteiger partial charge is 0.497 e. The molecule has 2 aliphatic heterocycles. The maximum absolute atomic E-state index is 12.3. The number of ether oxygens (including phenoxy) is 5. The summed E-state index contributed by atoms with van der Waals surface area (Å²) in [5.41, 5.74) is 0.252. The molecule has 0 N–H and O–H groups in total. The van der Waals surface area contributed by atoms with Gasteiger partial charge >= 0.3 is 5.97 Å². The second-order valence-electron chi connectivity index (χ2n) is 5.96. The highest BCUT2D eigenvalue weighted by Gasteiger charge is 2.28. The topological polar surface area (TPSA) is 119 Å². The van der Waals surface area contributed by atoms with Crippen LogP contribution in [0.25, 0.3) is 6.08 Å². The number of carbonyl (C=O) groups is 1. The molecule has 0 amide bonds. The molecule has 4 rings (SSSR count). The van der Waals surface area contributed by atoms with Gasteiger partial charge in [0.25, 0.3) is 5.69 Å². The summed E-state index contributed by atoms with van der Waals surface area (Å²) in [5.74, 6) is 0.871. The fourth-order valence-electron chi connectivity index (χ4n) is 2.83. The van der Waals surface area contributed by atoms with Crippen molar-refractivity contribution in [1.29, 1.82) is 0 Å². The zero-order valence-electron chi connectivity index (χ0n) is 15.3. The van der Waals surface area contributed by atoms with E-state index in [0.29, 0.717) is 22.8 Å². The molecule has 0 saturated heterocycles.